The molecule has 1 aliphatic rings. The molecule has 1 N–H and O–H groups in total. The van der Waals surface area contributed by atoms with Crippen LogP contribution in [0, 0.1) is 0 Å². The summed E-state index contributed by atoms with van der Waals surface area (Å²) in [6.45, 7) is -0.515. The molecule has 0 fully saturated rings. The Kier molecular flexibility index (Phi) is 3.03. The van der Waals surface area contributed by atoms with Crippen molar-refractivity contribution in [2.24, 2.45) is 0 Å². The third kappa shape index (κ3) is 1.99. The summed E-state index contributed by atoms with van der Waals surface area (Å²) in [5, 5.41) is 8.63. The van der Waals surface area contributed by atoms with Crippen molar-refractivity contribution in [1.29, 1.82) is 0 Å². The van der Waals surface area contributed by atoms with Crippen molar-refractivity contribution in [3.8, 4) is 11.5 Å². The molecule has 0 atom stereocenters. The smallest absolute Gasteiger partial charge is 0.297 e. The molecular weight excluding hydrogens is 286 g/mol. The zero-order chi connectivity index (χ0) is 11.8. The van der Waals surface area contributed by atoms with E-state index >= 15 is 0 Å². The first-order valence-electron chi connectivity index (χ1n) is 4.63. The van der Waals surface area contributed by atoms with Crippen LogP contribution in [0.3, 0.4) is 0 Å². The fourth-order valence-electron chi connectivity index (χ4n) is 1.43. The molecule has 1 aliphatic heterocycles. The molecule has 6 heteroatoms. The van der Waals surface area contributed by atoms with Gasteiger partial charge in [-0.1, -0.05) is 15.9 Å². The van der Waals surface area contributed by atoms with Crippen molar-refractivity contribution < 1.29 is 23.4 Å². The van der Waals surface area contributed by atoms with E-state index in [4.69, 9.17) is 14.6 Å². The Bertz CT molecular complexity index is 409. The Labute approximate surface area is 99.1 Å². The summed E-state index contributed by atoms with van der Waals surface area (Å²) in [6.07, 6.45) is 0. The van der Waals surface area contributed by atoms with Gasteiger partial charge in [-0.15, -0.1) is 0 Å². The number of fused-ring (bicyclic) bond motifs is 1. The standard InChI is InChI=1S/C10H9BrF2O3/c11-7-4-9-8(15-1-2-16-9)3-6(7)10(12,13)5-14/h3-4,14H,1-2,5H2. The first-order valence-corrected chi connectivity index (χ1v) is 5.42. The van der Waals surface area contributed by atoms with E-state index in [1.54, 1.807) is 0 Å². The first kappa shape index (κ1) is 11.6. The number of hydrogen-bond donors (Lipinski definition) is 1. The molecule has 1 heterocycles. The van der Waals surface area contributed by atoms with Crippen molar-refractivity contribution >= 4 is 15.9 Å². The van der Waals surface area contributed by atoms with Gasteiger partial charge in [-0.3, -0.25) is 0 Å². The third-order valence-electron chi connectivity index (χ3n) is 2.22. The van der Waals surface area contributed by atoms with Gasteiger partial charge in [0.05, 0.1) is 0 Å². The van der Waals surface area contributed by atoms with E-state index in [1.807, 2.05) is 0 Å². The van der Waals surface area contributed by atoms with Crippen LogP contribution in [-0.2, 0) is 5.92 Å². The van der Waals surface area contributed by atoms with Gasteiger partial charge < -0.3 is 14.6 Å². The van der Waals surface area contributed by atoms with Crippen LogP contribution in [0.4, 0.5) is 8.78 Å². The molecule has 0 aliphatic carbocycles. The van der Waals surface area contributed by atoms with E-state index in [2.05, 4.69) is 15.9 Å². The Balaban J connectivity index is 2.47. The zero-order valence-electron chi connectivity index (χ0n) is 8.17. The lowest BCUT2D eigenvalue weighted by atomic mass is 10.1. The molecule has 0 aromatic heterocycles. The SMILES string of the molecule is OCC(F)(F)c1cc2c(cc1Br)OCCO2. The van der Waals surface area contributed by atoms with Gasteiger partial charge in [0.15, 0.2) is 11.5 Å². The highest BCUT2D eigenvalue weighted by Crippen LogP contribution is 2.41. The minimum Gasteiger partial charge on any atom is -0.486 e. The van der Waals surface area contributed by atoms with Crippen LogP contribution in [0.5, 0.6) is 11.5 Å². The normalized spacial score (nSPS) is 15.0. The topological polar surface area (TPSA) is 38.7 Å². The summed E-state index contributed by atoms with van der Waals surface area (Å²) in [4.78, 5) is 0. The maximum absolute atomic E-state index is 13.3. The monoisotopic (exact) mass is 294 g/mol. The number of benzene rings is 1. The number of rotatable bonds is 2. The number of halogens is 3. The van der Waals surface area contributed by atoms with Crippen LogP contribution >= 0.6 is 15.9 Å². The molecule has 0 saturated carbocycles. The molecular formula is C10H9BrF2O3. The Morgan fingerprint density at radius 2 is 1.81 bits per heavy atom. The number of alkyl halides is 2. The van der Waals surface area contributed by atoms with Crippen molar-refractivity contribution in [2.75, 3.05) is 19.8 Å². The van der Waals surface area contributed by atoms with Gasteiger partial charge in [0.1, 0.15) is 19.8 Å². The van der Waals surface area contributed by atoms with Crippen molar-refractivity contribution in [3.63, 3.8) is 0 Å². The molecule has 0 spiro atoms. The summed E-state index contributed by atoms with van der Waals surface area (Å²) >= 11 is 3.03. The molecule has 0 bridgehead atoms. The van der Waals surface area contributed by atoms with Crippen LogP contribution in [-0.4, -0.2) is 24.9 Å². The van der Waals surface area contributed by atoms with Crippen molar-refractivity contribution in [3.05, 3.63) is 22.2 Å². The van der Waals surface area contributed by atoms with E-state index in [1.165, 1.54) is 12.1 Å². The average Bonchev–Trinajstić information content (AvgIpc) is 2.28. The fourth-order valence-corrected chi connectivity index (χ4v) is 2.04. The lowest BCUT2D eigenvalue weighted by Gasteiger charge is -2.22. The summed E-state index contributed by atoms with van der Waals surface area (Å²) in [7, 11) is 0. The minimum atomic E-state index is -3.30. The van der Waals surface area contributed by atoms with Crippen molar-refractivity contribution in [2.45, 2.75) is 5.92 Å². The van der Waals surface area contributed by atoms with Crippen LogP contribution in [0.2, 0.25) is 0 Å². The molecule has 2 rings (SSSR count). The second kappa shape index (κ2) is 4.18. The average molecular weight is 295 g/mol. The molecule has 1 aromatic rings. The minimum absolute atomic E-state index is 0.191. The quantitative estimate of drug-likeness (QED) is 0.910. The van der Waals surface area contributed by atoms with Gasteiger partial charge in [-0.05, 0) is 12.1 Å². The molecule has 1 aromatic carbocycles. The summed E-state index contributed by atoms with van der Waals surface area (Å²) < 4.78 is 37.3. The lowest BCUT2D eigenvalue weighted by Crippen LogP contribution is -2.21. The second-order valence-electron chi connectivity index (χ2n) is 3.34. The van der Waals surface area contributed by atoms with Crippen LogP contribution in [0.25, 0.3) is 0 Å². The predicted octanol–water partition coefficient (Wildman–Crippen LogP) is 2.30. The van der Waals surface area contributed by atoms with Crippen LogP contribution in [0.1, 0.15) is 5.56 Å². The Hall–Kier alpha value is -0.880. The van der Waals surface area contributed by atoms with E-state index in [9.17, 15) is 8.78 Å². The molecule has 0 amide bonds. The third-order valence-corrected chi connectivity index (χ3v) is 2.88. The second-order valence-corrected chi connectivity index (χ2v) is 4.19. The van der Waals surface area contributed by atoms with Gasteiger partial charge >= 0.3 is 0 Å². The summed E-state index contributed by atoms with van der Waals surface area (Å²) in [6, 6.07) is 2.61. The number of aliphatic hydroxyl groups is 1. The molecule has 16 heavy (non-hydrogen) atoms. The predicted molar refractivity (Wildman–Crippen MR) is 56.1 cm³/mol. The van der Waals surface area contributed by atoms with Gasteiger partial charge in [-0.2, -0.15) is 8.78 Å². The van der Waals surface area contributed by atoms with E-state index in [0.717, 1.165) is 0 Å². The van der Waals surface area contributed by atoms with Gasteiger partial charge in [0.25, 0.3) is 5.92 Å². The first-order chi connectivity index (χ1) is 7.54. The van der Waals surface area contributed by atoms with Crippen LogP contribution < -0.4 is 9.47 Å². The van der Waals surface area contributed by atoms with E-state index in [-0.39, 0.29) is 15.8 Å². The number of hydrogen-bond acceptors (Lipinski definition) is 3. The van der Waals surface area contributed by atoms with Crippen molar-refractivity contribution in [1.82, 2.24) is 0 Å². The maximum atomic E-state index is 13.3. The Morgan fingerprint density at radius 3 is 2.38 bits per heavy atom. The van der Waals surface area contributed by atoms with E-state index < -0.39 is 12.5 Å². The molecule has 0 radical (unpaired) electrons. The Morgan fingerprint density at radius 1 is 1.25 bits per heavy atom. The molecule has 3 nitrogen and oxygen atoms in total. The van der Waals surface area contributed by atoms with Gasteiger partial charge in [-0.25, -0.2) is 0 Å². The summed E-state index contributed by atoms with van der Waals surface area (Å²) in [5.41, 5.74) is -0.306. The highest BCUT2D eigenvalue weighted by Gasteiger charge is 2.34. The largest absolute Gasteiger partial charge is 0.486 e. The molecule has 0 unspecified atom stereocenters. The van der Waals surface area contributed by atoms with Crippen LogP contribution in [0.15, 0.2) is 16.6 Å². The highest BCUT2D eigenvalue weighted by molar-refractivity contribution is 9.10. The molecule has 0 saturated heterocycles. The highest BCUT2D eigenvalue weighted by atomic mass is 79.9. The van der Waals surface area contributed by atoms with Gasteiger partial charge in [0, 0.05) is 10.0 Å². The molecule has 88 valence electrons. The van der Waals surface area contributed by atoms with Gasteiger partial charge in [0.2, 0.25) is 0 Å². The van der Waals surface area contributed by atoms with E-state index in [0.29, 0.717) is 19.0 Å². The zero-order valence-corrected chi connectivity index (χ0v) is 9.76. The fraction of sp³-hybridized carbons (Fsp3) is 0.400. The maximum Gasteiger partial charge on any atom is 0.297 e. The number of ether oxygens (including phenoxy) is 2. The number of aliphatic hydroxyl groups excluding tert-OH is 1. The lowest BCUT2D eigenvalue weighted by molar-refractivity contribution is -0.0564. The summed E-state index contributed by atoms with van der Waals surface area (Å²) in [5.74, 6) is -2.59.